The molecule has 1 aromatic heterocycles. The van der Waals surface area contributed by atoms with Gasteiger partial charge in [0.05, 0.1) is 7.11 Å². The lowest BCUT2D eigenvalue weighted by Gasteiger charge is -2.12. The second-order valence-electron chi connectivity index (χ2n) is 3.13. The molecule has 7 heteroatoms. The van der Waals surface area contributed by atoms with Gasteiger partial charge in [-0.1, -0.05) is 0 Å². The van der Waals surface area contributed by atoms with Crippen molar-refractivity contribution in [3.05, 3.63) is 23.5 Å². The predicted octanol–water partition coefficient (Wildman–Crippen LogP) is -1.32. The Hall–Kier alpha value is -1.86. The number of ether oxygens (including phenoxy) is 1. The van der Waals surface area contributed by atoms with Crippen LogP contribution in [-0.4, -0.2) is 40.3 Å². The van der Waals surface area contributed by atoms with Crippen LogP contribution < -0.4 is 5.73 Å². The van der Waals surface area contributed by atoms with E-state index >= 15 is 0 Å². The van der Waals surface area contributed by atoms with Gasteiger partial charge in [0.1, 0.15) is 11.8 Å². The minimum absolute atomic E-state index is 0.105. The van der Waals surface area contributed by atoms with Crippen LogP contribution in [0.25, 0.3) is 0 Å². The average Bonchev–Trinajstić information content (AvgIpc) is 2.75. The summed E-state index contributed by atoms with van der Waals surface area (Å²) in [5, 5.41) is 18.7. The Labute approximate surface area is 90.8 Å². The van der Waals surface area contributed by atoms with E-state index < -0.39 is 24.1 Å². The zero-order valence-corrected chi connectivity index (χ0v) is 8.51. The van der Waals surface area contributed by atoms with Crippen molar-refractivity contribution in [1.82, 2.24) is 4.98 Å². The van der Waals surface area contributed by atoms with Gasteiger partial charge in [-0.2, -0.15) is 0 Å². The molecule has 0 spiro atoms. The molecule has 1 rings (SSSR count). The Morgan fingerprint density at radius 3 is 2.62 bits per heavy atom. The summed E-state index contributed by atoms with van der Waals surface area (Å²) in [6.07, 6.45) is -1.92. The fourth-order valence-electron chi connectivity index (χ4n) is 1.15. The van der Waals surface area contributed by atoms with E-state index in [1.807, 2.05) is 0 Å². The molecular formula is C9H12N2O5. The number of aromatic amines is 1. The van der Waals surface area contributed by atoms with Gasteiger partial charge in [-0.25, -0.2) is 4.79 Å². The number of aromatic nitrogens is 1. The average molecular weight is 228 g/mol. The van der Waals surface area contributed by atoms with Crippen molar-refractivity contribution >= 4 is 11.9 Å². The number of carbonyl (C=O) groups excluding carboxylic acids is 2. The molecule has 88 valence electrons. The molecule has 0 bridgehead atoms. The van der Waals surface area contributed by atoms with E-state index in [0.717, 1.165) is 0 Å². The van der Waals surface area contributed by atoms with Gasteiger partial charge >= 0.3 is 5.97 Å². The molecule has 0 saturated heterocycles. The number of methoxy groups -OCH3 is 1. The van der Waals surface area contributed by atoms with E-state index in [0.29, 0.717) is 0 Å². The molecule has 0 radical (unpaired) electrons. The maximum atomic E-state index is 11.1. The number of nitrogens with one attached hydrogen (secondary N) is 1. The highest BCUT2D eigenvalue weighted by Crippen LogP contribution is 2.18. The Bertz CT molecular complexity index is 400. The molecule has 7 nitrogen and oxygen atoms in total. The standard InChI is InChI=1S/C9H12N2O5/c1-16-9(15)5-2-4(3-11-5)6(12)7(13)8(10)14/h2-3,6-7,11-13H,1H3,(H2,10,14). The Balaban J connectivity index is 2.85. The molecule has 1 heterocycles. The topological polar surface area (TPSA) is 126 Å². The highest BCUT2D eigenvalue weighted by atomic mass is 16.5. The number of rotatable bonds is 4. The number of hydrogen-bond donors (Lipinski definition) is 4. The molecule has 0 aliphatic heterocycles. The van der Waals surface area contributed by atoms with Gasteiger partial charge in [0, 0.05) is 11.8 Å². The van der Waals surface area contributed by atoms with Crippen LogP contribution in [0.1, 0.15) is 22.2 Å². The van der Waals surface area contributed by atoms with Gasteiger partial charge in [-0.15, -0.1) is 0 Å². The largest absolute Gasteiger partial charge is 0.464 e. The first-order valence-corrected chi connectivity index (χ1v) is 4.39. The van der Waals surface area contributed by atoms with E-state index in [9.17, 15) is 19.8 Å². The van der Waals surface area contributed by atoms with Crippen LogP contribution in [0.4, 0.5) is 0 Å². The molecule has 2 atom stereocenters. The maximum absolute atomic E-state index is 11.1. The minimum Gasteiger partial charge on any atom is -0.464 e. The lowest BCUT2D eigenvalue weighted by molar-refractivity contribution is -0.131. The van der Waals surface area contributed by atoms with E-state index in [-0.39, 0.29) is 11.3 Å². The minimum atomic E-state index is -1.72. The first-order chi connectivity index (χ1) is 7.47. The Morgan fingerprint density at radius 2 is 2.12 bits per heavy atom. The Morgan fingerprint density at radius 1 is 1.50 bits per heavy atom. The smallest absolute Gasteiger partial charge is 0.354 e. The fraction of sp³-hybridized carbons (Fsp3) is 0.333. The number of aliphatic hydroxyl groups excluding tert-OH is 2. The number of esters is 1. The molecule has 2 unspecified atom stereocenters. The molecule has 0 aliphatic rings. The molecule has 0 fully saturated rings. The highest BCUT2D eigenvalue weighted by molar-refractivity contribution is 5.87. The molecule has 0 aromatic carbocycles. The fourth-order valence-corrected chi connectivity index (χ4v) is 1.15. The summed E-state index contributed by atoms with van der Waals surface area (Å²) in [4.78, 5) is 24.2. The van der Waals surface area contributed by atoms with Crippen LogP contribution in [0, 0.1) is 0 Å². The quantitative estimate of drug-likeness (QED) is 0.475. The van der Waals surface area contributed by atoms with Crippen LogP contribution in [0.5, 0.6) is 0 Å². The molecule has 0 saturated carbocycles. The van der Waals surface area contributed by atoms with E-state index in [1.54, 1.807) is 0 Å². The highest BCUT2D eigenvalue weighted by Gasteiger charge is 2.25. The van der Waals surface area contributed by atoms with Gasteiger partial charge < -0.3 is 25.7 Å². The second-order valence-corrected chi connectivity index (χ2v) is 3.13. The number of aliphatic hydroxyl groups is 2. The van der Waals surface area contributed by atoms with Gasteiger partial charge in [0.2, 0.25) is 5.91 Å². The number of nitrogens with two attached hydrogens (primary N) is 1. The van der Waals surface area contributed by atoms with Crippen molar-refractivity contribution in [2.24, 2.45) is 5.73 Å². The summed E-state index contributed by atoms with van der Waals surface area (Å²) >= 11 is 0. The third kappa shape index (κ3) is 2.38. The van der Waals surface area contributed by atoms with E-state index in [4.69, 9.17) is 5.73 Å². The summed E-state index contributed by atoms with van der Waals surface area (Å²) in [6.45, 7) is 0. The van der Waals surface area contributed by atoms with Crippen molar-refractivity contribution in [3.63, 3.8) is 0 Å². The normalized spacial score (nSPS) is 14.2. The van der Waals surface area contributed by atoms with Crippen LogP contribution in [0.2, 0.25) is 0 Å². The van der Waals surface area contributed by atoms with Crippen molar-refractivity contribution in [2.75, 3.05) is 7.11 Å². The molecular weight excluding hydrogens is 216 g/mol. The maximum Gasteiger partial charge on any atom is 0.354 e. The SMILES string of the molecule is COC(=O)c1cc(C(O)C(O)C(N)=O)c[nH]1. The summed E-state index contributed by atoms with van der Waals surface area (Å²) in [7, 11) is 1.21. The van der Waals surface area contributed by atoms with Crippen molar-refractivity contribution in [3.8, 4) is 0 Å². The first kappa shape index (κ1) is 12.2. The van der Waals surface area contributed by atoms with Gasteiger partial charge in [-0.05, 0) is 6.07 Å². The van der Waals surface area contributed by atoms with E-state index in [1.165, 1.54) is 19.4 Å². The van der Waals surface area contributed by atoms with Gasteiger partial charge in [0.25, 0.3) is 0 Å². The third-order valence-electron chi connectivity index (χ3n) is 2.04. The summed E-state index contributed by atoms with van der Waals surface area (Å²) in [6, 6.07) is 1.27. The van der Waals surface area contributed by atoms with Crippen LogP contribution in [0.3, 0.4) is 0 Å². The first-order valence-electron chi connectivity index (χ1n) is 4.39. The number of primary amides is 1. The lowest BCUT2D eigenvalue weighted by atomic mass is 10.1. The number of H-pyrrole nitrogens is 1. The van der Waals surface area contributed by atoms with E-state index in [2.05, 4.69) is 9.72 Å². The zero-order chi connectivity index (χ0) is 12.3. The van der Waals surface area contributed by atoms with Gasteiger partial charge in [0.15, 0.2) is 6.10 Å². The van der Waals surface area contributed by atoms with Crippen LogP contribution >= 0.6 is 0 Å². The molecule has 0 aliphatic carbocycles. The monoisotopic (exact) mass is 228 g/mol. The number of carbonyl (C=O) groups is 2. The summed E-state index contributed by atoms with van der Waals surface area (Å²) < 4.78 is 4.43. The third-order valence-corrected chi connectivity index (χ3v) is 2.04. The molecule has 16 heavy (non-hydrogen) atoms. The number of hydrogen-bond acceptors (Lipinski definition) is 5. The lowest BCUT2D eigenvalue weighted by Crippen LogP contribution is -2.33. The molecule has 1 aromatic rings. The van der Waals surface area contributed by atoms with Crippen LogP contribution in [-0.2, 0) is 9.53 Å². The van der Waals surface area contributed by atoms with Crippen molar-refractivity contribution in [1.29, 1.82) is 0 Å². The summed E-state index contributed by atoms with van der Waals surface area (Å²) in [5.41, 5.74) is 5.09. The van der Waals surface area contributed by atoms with Gasteiger partial charge in [-0.3, -0.25) is 4.79 Å². The van der Waals surface area contributed by atoms with Crippen LogP contribution in [0.15, 0.2) is 12.3 Å². The predicted molar refractivity (Wildman–Crippen MR) is 52.3 cm³/mol. The van der Waals surface area contributed by atoms with Crippen molar-refractivity contribution < 1.29 is 24.5 Å². The summed E-state index contributed by atoms with van der Waals surface area (Å²) in [5.74, 6) is -1.67. The molecule has 5 N–H and O–H groups in total. The Kier molecular flexibility index (Phi) is 3.64. The van der Waals surface area contributed by atoms with Crippen molar-refractivity contribution in [2.45, 2.75) is 12.2 Å². The second kappa shape index (κ2) is 4.77. The number of amides is 1. The zero-order valence-electron chi connectivity index (χ0n) is 8.51. The molecule has 1 amide bonds.